The van der Waals surface area contributed by atoms with Crippen molar-refractivity contribution in [1.29, 1.82) is 0 Å². The van der Waals surface area contributed by atoms with Gasteiger partial charge in [0, 0.05) is 19.2 Å². The molecule has 33 heavy (non-hydrogen) atoms. The summed E-state index contributed by atoms with van der Waals surface area (Å²) in [5.74, 6) is 0.668. The SMILES string of the molecule is CCCC(C)(CCC)c1ccc(CN=NC(C)(CC)Oc2ccc(CP(C)(=O)O)cc2)cc1. The Bertz CT molecular complexity index is 929. The average Bonchev–Trinajstić information content (AvgIpc) is 2.75. The van der Waals surface area contributed by atoms with E-state index in [2.05, 4.69) is 55.3 Å². The highest BCUT2D eigenvalue weighted by Crippen LogP contribution is 2.40. The quantitative estimate of drug-likeness (QED) is 0.236. The molecule has 6 heteroatoms. The fraction of sp³-hybridized carbons (Fsp3) is 0.556. The number of benzene rings is 2. The average molecular weight is 473 g/mol. The van der Waals surface area contributed by atoms with E-state index >= 15 is 0 Å². The van der Waals surface area contributed by atoms with Crippen LogP contribution >= 0.6 is 7.37 Å². The van der Waals surface area contributed by atoms with Crippen LogP contribution in [0.3, 0.4) is 0 Å². The summed E-state index contributed by atoms with van der Waals surface area (Å²) >= 11 is 0. The van der Waals surface area contributed by atoms with Gasteiger partial charge >= 0.3 is 0 Å². The first kappa shape index (κ1) is 27.3. The third-order valence-corrected chi connectivity index (χ3v) is 7.13. The molecule has 2 atom stereocenters. The number of hydrogen-bond acceptors (Lipinski definition) is 4. The van der Waals surface area contributed by atoms with Crippen LogP contribution in [0.2, 0.25) is 0 Å². The Kier molecular flexibility index (Phi) is 9.87. The van der Waals surface area contributed by atoms with Gasteiger partial charge in [-0.1, -0.05) is 76.9 Å². The summed E-state index contributed by atoms with van der Waals surface area (Å²) in [6.45, 7) is 12.7. The maximum Gasteiger partial charge on any atom is 0.215 e. The van der Waals surface area contributed by atoms with Crippen LogP contribution in [0.25, 0.3) is 0 Å². The maximum absolute atomic E-state index is 11.6. The highest BCUT2D eigenvalue weighted by Gasteiger charge is 2.25. The predicted octanol–water partition coefficient (Wildman–Crippen LogP) is 8.10. The van der Waals surface area contributed by atoms with Gasteiger partial charge in [-0.25, -0.2) is 0 Å². The van der Waals surface area contributed by atoms with Gasteiger partial charge in [-0.3, -0.25) is 4.57 Å². The zero-order chi connectivity index (χ0) is 24.5. The lowest BCUT2D eigenvalue weighted by Gasteiger charge is -2.30. The maximum atomic E-state index is 11.6. The Balaban J connectivity index is 2.02. The third-order valence-electron chi connectivity index (χ3n) is 6.18. The summed E-state index contributed by atoms with van der Waals surface area (Å²) in [5, 5.41) is 8.94. The molecule has 5 nitrogen and oxygen atoms in total. The molecule has 182 valence electrons. The van der Waals surface area contributed by atoms with Crippen molar-refractivity contribution in [3.63, 3.8) is 0 Å². The summed E-state index contributed by atoms with van der Waals surface area (Å²) in [6, 6.07) is 16.1. The molecular weight excluding hydrogens is 431 g/mol. The highest BCUT2D eigenvalue weighted by molar-refractivity contribution is 7.56. The summed E-state index contributed by atoms with van der Waals surface area (Å²) in [5.41, 5.74) is 2.82. The van der Waals surface area contributed by atoms with Gasteiger partial charge in [0.1, 0.15) is 5.75 Å². The molecule has 0 fully saturated rings. The lowest BCUT2D eigenvalue weighted by molar-refractivity contribution is 0.0851. The smallest absolute Gasteiger partial charge is 0.215 e. The van der Waals surface area contributed by atoms with E-state index in [0.29, 0.717) is 18.7 Å². The van der Waals surface area contributed by atoms with E-state index in [9.17, 15) is 9.46 Å². The van der Waals surface area contributed by atoms with Crippen LogP contribution in [0.5, 0.6) is 5.75 Å². The molecule has 0 aliphatic rings. The van der Waals surface area contributed by atoms with Crippen molar-refractivity contribution in [3.05, 3.63) is 65.2 Å². The van der Waals surface area contributed by atoms with E-state index in [0.717, 1.165) is 11.1 Å². The van der Waals surface area contributed by atoms with E-state index in [4.69, 9.17) is 4.74 Å². The summed E-state index contributed by atoms with van der Waals surface area (Å²) < 4.78 is 17.7. The van der Waals surface area contributed by atoms with Crippen LogP contribution in [-0.4, -0.2) is 17.3 Å². The minimum absolute atomic E-state index is 0.160. The van der Waals surface area contributed by atoms with Crippen molar-refractivity contribution in [3.8, 4) is 5.75 Å². The van der Waals surface area contributed by atoms with Crippen LogP contribution in [0.15, 0.2) is 58.8 Å². The minimum Gasteiger partial charge on any atom is -0.465 e. The van der Waals surface area contributed by atoms with Gasteiger partial charge in [-0.2, -0.15) is 5.11 Å². The molecule has 2 unspecified atom stereocenters. The number of azo groups is 1. The Morgan fingerprint density at radius 2 is 1.45 bits per heavy atom. The standard InChI is InChI=1S/C27H41N2O3P/c1-7-18-26(4,19-8-2)24-14-10-22(11-15-24)20-28-29-27(5,9-3)32-25-16-12-23(13-17-25)21-33(6,30)31/h10-17H,7-9,18-21H2,1-6H3,(H,30,31). The molecule has 0 aromatic heterocycles. The van der Waals surface area contributed by atoms with E-state index in [1.165, 1.54) is 37.9 Å². The van der Waals surface area contributed by atoms with Crippen molar-refractivity contribution in [2.24, 2.45) is 10.2 Å². The Morgan fingerprint density at radius 1 is 0.909 bits per heavy atom. The van der Waals surface area contributed by atoms with Gasteiger partial charge in [-0.05, 0) is 54.0 Å². The van der Waals surface area contributed by atoms with Crippen molar-refractivity contribution < 1.29 is 14.2 Å². The Labute approximate surface area is 200 Å². The first-order valence-corrected chi connectivity index (χ1v) is 14.4. The first-order chi connectivity index (χ1) is 15.5. The van der Waals surface area contributed by atoms with Crippen LogP contribution in [0.1, 0.15) is 83.4 Å². The van der Waals surface area contributed by atoms with Gasteiger partial charge in [0.15, 0.2) is 0 Å². The van der Waals surface area contributed by atoms with E-state index in [-0.39, 0.29) is 11.6 Å². The lowest BCUT2D eigenvalue weighted by atomic mass is 9.75. The Hall–Kier alpha value is -1.97. The number of hydrogen-bond donors (Lipinski definition) is 1. The van der Waals surface area contributed by atoms with Gasteiger partial charge < -0.3 is 9.63 Å². The molecule has 0 aliphatic carbocycles. The van der Waals surface area contributed by atoms with Crippen molar-refractivity contribution in [2.45, 2.75) is 90.6 Å². The van der Waals surface area contributed by atoms with Crippen LogP contribution < -0.4 is 4.74 Å². The molecule has 2 aromatic carbocycles. The third kappa shape index (κ3) is 8.72. The van der Waals surface area contributed by atoms with Gasteiger partial charge in [0.05, 0.1) is 6.54 Å². The largest absolute Gasteiger partial charge is 0.465 e. The van der Waals surface area contributed by atoms with Gasteiger partial charge in [0.2, 0.25) is 13.1 Å². The zero-order valence-corrected chi connectivity index (χ0v) is 22.1. The van der Waals surface area contributed by atoms with Gasteiger partial charge in [-0.15, -0.1) is 5.11 Å². The highest BCUT2D eigenvalue weighted by atomic mass is 31.2. The van der Waals surface area contributed by atoms with Crippen molar-refractivity contribution in [1.82, 2.24) is 0 Å². The molecule has 0 aliphatic heterocycles. The van der Waals surface area contributed by atoms with Crippen LogP contribution in [-0.2, 0) is 22.7 Å². The number of nitrogens with zero attached hydrogens (tertiary/aromatic N) is 2. The molecule has 0 bridgehead atoms. The summed E-state index contributed by atoms with van der Waals surface area (Å²) in [7, 11) is -3.09. The number of ether oxygens (including phenoxy) is 1. The summed E-state index contributed by atoms with van der Waals surface area (Å²) in [4.78, 5) is 9.56. The zero-order valence-electron chi connectivity index (χ0n) is 21.2. The topological polar surface area (TPSA) is 71.2 Å². The summed E-state index contributed by atoms with van der Waals surface area (Å²) in [6.07, 6.45) is 5.60. The fourth-order valence-electron chi connectivity index (χ4n) is 4.22. The molecule has 0 radical (unpaired) electrons. The minimum atomic E-state index is -3.09. The van der Waals surface area contributed by atoms with Crippen molar-refractivity contribution in [2.75, 3.05) is 6.66 Å². The van der Waals surface area contributed by atoms with Crippen LogP contribution in [0, 0.1) is 0 Å². The second-order valence-electron chi connectivity index (χ2n) is 9.64. The van der Waals surface area contributed by atoms with E-state index in [1.807, 2.05) is 38.1 Å². The second-order valence-corrected chi connectivity index (χ2v) is 12.1. The molecule has 0 saturated heterocycles. The van der Waals surface area contributed by atoms with E-state index < -0.39 is 13.1 Å². The number of rotatable bonds is 13. The molecule has 2 rings (SSSR count). The fourth-order valence-corrected chi connectivity index (χ4v) is 5.10. The first-order valence-electron chi connectivity index (χ1n) is 12.1. The monoisotopic (exact) mass is 472 g/mol. The molecule has 0 heterocycles. The molecule has 0 amide bonds. The normalized spacial score (nSPS) is 15.8. The lowest BCUT2D eigenvalue weighted by Crippen LogP contribution is -2.28. The molecule has 1 N–H and O–H groups in total. The molecular formula is C27H41N2O3P. The van der Waals surface area contributed by atoms with Crippen LogP contribution in [0.4, 0.5) is 0 Å². The second kappa shape index (κ2) is 11.9. The van der Waals surface area contributed by atoms with Crippen molar-refractivity contribution >= 4 is 7.37 Å². The van der Waals surface area contributed by atoms with Gasteiger partial charge in [0.25, 0.3) is 0 Å². The molecule has 0 spiro atoms. The predicted molar refractivity (Wildman–Crippen MR) is 137 cm³/mol. The molecule has 0 saturated carbocycles. The molecule has 2 aromatic rings. The Morgan fingerprint density at radius 3 is 1.94 bits per heavy atom. The van der Waals surface area contributed by atoms with E-state index in [1.54, 1.807) is 0 Å².